The maximum absolute atomic E-state index is 11.1. The Bertz CT molecular complexity index is 194. The van der Waals surface area contributed by atoms with E-state index in [0.29, 0.717) is 13.0 Å². The Morgan fingerprint density at radius 3 is 2.62 bits per heavy atom. The summed E-state index contributed by atoms with van der Waals surface area (Å²) >= 11 is 0. The van der Waals surface area contributed by atoms with Gasteiger partial charge in [-0.05, 0) is 31.8 Å². The Balaban J connectivity index is 0.00000225. The number of amides is 1. The van der Waals surface area contributed by atoms with Crippen LogP contribution in [-0.2, 0) is 4.79 Å². The molecule has 1 amide bonds. The van der Waals surface area contributed by atoms with Crippen molar-refractivity contribution in [1.29, 1.82) is 0 Å². The monoisotopic (exact) mass is 249 g/mol. The first-order valence-corrected chi connectivity index (χ1v) is 5.91. The summed E-state index contributed by atoms with van der Waals surface area (Å²) in [5, 5.41) is 2.88. The molecule has 0 radical (unpaired) electrons. The fourth-order valence-corrected chi connectivity index (χ4v) is 1.86. The van der Waals surface area contributed by atoms with Gasteiger partial charge in [0.15, 0.2) is 0 Å². The molecule has 1 fully saturated rings. The summed E-state index contributed by atoms with van der Waals surface area (Å²) in [5.74, 6) is 0.941. The molecule has 5 heteroatoms. The molecule has 16 heavy (non-hydrogen) atoms. The average molecular weight is 250 g/mol. The average Bonchev–Trinajstić information content (AvgIpc) is 2.21. The Morgan fingerprint density at radius 2 is 2.06 bits per heavy atom. The van der Waals surface area contributed by atoms with Crippen molar-refractivity contribution in [3.05, 3.63) is 0 Å². The third-order valence-corrected chi connectivity index (χ3v) is 3.00. The van der Waals surface area contributed by atoms with E-state index in [9.17, 15) is 4.79 Å². The lowest BCUT2D eigenvalue weighted by Crippen LogP contribution is -2.39. The summed E-state index contributed by atoms with van der Waals surface area (Å²) in [6.07, 6.45) is 3.02. The van der Waals surface area contributed by atoms with Gasteiger partial charge in [-0.15, -0.1) is 12.4 Å². The zero-order chi connectivity index (χ0) is 11.1. The van der Waals surface area contributed by atoms with Gasteiger partial charge in [0.05, 0.1) is 0 Å². The van der Waals surface area contributed by atoms with Gasteiger partial charge >= 0.3 is 0 Å². The maximum atomic E-state index is 11.1. The van der Waals surface area contributed by atoms with Gasteiger partial charge in [-0.3, -0.25) is 4.79 Å². The van der Waals surface area contributed by atoms with E-state index in [4.69, 9.17) is 5.73 Å². The van der Waals surface area contributed by atoms with Crippen LogP contribution in [0.1, 0.15) is 26.2 Å². The number of halogens is 1. The van der Waals surface area contributed by atoms with Crippen LogP contribution in [0.3, 0.4) is 0 Å². The lowest BCUT2D eigenvalue weighted by molar-refractivity contribution is -0.120. The summed E-state index contributed by atoms with van der Waals surface area (Å²) < 4.78 is 0. The first-order chi connectivity index (χ1) is 7.22. The van der Waals surface area contributed by atoms with E-state index in [1.165, 1.54) is 25.9 Å². The third-order valence-electron chi connectivity index (χ3n) is 3.00. The smallest absolute Gasteiger partial charge is 0.221 e. The van der Waals surface area contributed by atoms with Gasteiger partial charge in [0.25, 0.3) is 0 Å². The highest BCUT2D eigenvalue weighted by Crippen LogP contribution is 2.14. The van der Waals surface area contributed by atoms with Crippen LogP contribution in [0.15, 0.2) is 0 Å². The first-order valence-electron chi connectivity index (χ1n) is 5.91. The molecule has 1 saturated heterocycles. The summed E-state index contributed by atoms with van der Waals surface area (Å²) in [7, 11) is 0. The molecular weight excluding hydrogens is 226 g/mol. The third kappa shape index (κ3) is 6.30. The van der Waals surface area contributed by atoms with E-state index >= 15 is 0 Å². The summed E-state index contributed by atoms with van der Waals surface area (Å²) in [6.45, 7) is 6.82. The van der Waals surface area contributed by atoms with Crippen molar-refractivity contribution in [2.24, 2.45) is 11.7 Å². The number of nitrogens with zero attached hydrogens (tertiary/aromatic N) is 1. The zero-order valence-corrected chi connectivity index (χ0v) is 10.9. The van der Waals surface area contributed by atoms with Crippen molar-refractivity contribution < 1.29 is 4.79 Å². The molecule has 0 aromatic carbocycles. The van der Waals surface area contributed by atoms with Crippen LogP contribution < -0.4 is 11.1 Å². The van der Waals surface area contributed by atoms with E-state index in [1.807, 2.05) is 0 Å². The van der Waals surface area contributed by atoms with Gasteiger partial charge in [0, 0.05) is 26.1 Å². The highest BCUT2D eigenvalue weighted by Gasteiger charge is 2.14. The van der Waals surface area contributed by atoms with E-state index in [-0.39, 0.29) is 18.3 Å². The molecule has 96 valence electrons. The standard InChI is InChI=1S/C11H23N3O.ClH/c1-10-3-7-14(8-4-10)9-6-13-11(15)2-5-12;/h10H,2-9,12H2,1H3,(H,13,15);1H. The van der Waals surface area contributed by atoms with Crippen molar-refractivity contribution >= 4 is 18.3 Å². The maximum Gasteiger partial charge on any atom is 0.221 e. The highest BCUT2D eigenvalue weighted by atomic mass is 35.5. The Morgan fingerprint density at radius 1 is 1.44 bits per heavy atom. The van der Waals surface area contributed by atoms with Crippen molar-refractivity contribution in [3.8, 4) is 0 Å². The molecule has 0 spiro atoms. The molecule has 0 atom stereocenters. The molecule has 0 bridgehead atoms. The van der Waals surface area contributed by atoms with Crippen molar-refractivity contribution in [1.82, 2.24) is 10.2 Å². The zero-order valence-electron chi connectivity index (χ0n) is 10.1. The van der Waals surface area contributed by atoms with Gasteiger partial charge in [-0.1, -0.05) is 6.92 Å². The number of carbonyl (C=O) groups excluding carboxylic acids is 1. The normalized spacial score (nSPS) is 17.9. The quantitative estimate of drug-likeness (QED) is 0.751. The number of rotatable bonds is 5. The van der Waals surface area contributed by atoms with E-state index < -0.39 is 0 Å². The number of likely N-dealkylation sites (tertiary alicyclic amines) is 1. The van der Waals surface area contributed by atoms with Crippen molar-refractivity contribution in [2.45, 2.75) is 26.2 Å². The van der Waals surface area contributed by atoms with Crippen LogP contribution in [0, 0.1) is 5.92 Å². The summed E-state index contributed by atoms with van der Waals surface area (Å²) in [6, 6.07) is 0. The predicted octanol–water partition coefficient (Wildman–Crippen LogP) is 0.605. The molecule has 1 aliphatic heterocycles. The minimum Gasteiger partial charge on any atom is -0.355 e. The van der Waals surface area contributed by atoms with Gasteiger partial charge < -0.3 is 16.0 Å². The van der Waals surface area contributed by atoms with Crippen molar-refractivity contribution in [3.63, 3.8) is 0 Å². The second-order valence-electron chi connectivity index (χ2n) is 4.41. The van der Waals surface area contributed by atoms with Gasteiger partial charge in [-0.2, -0.15) is 0 Å². The molecule has 4 nitrogen and oxygen atoms in total. The van der Waals surface area contributed by atoms with Crippen LogP contribution in [0.25, 0.3) is 0 Å². The Labute approximate surface area is 104 Å². The van der Waals surface area contributed by atoms with E-state index in [0.717, 1.165) is 19.0 Å². The van der Waals surface area contributed by atoms with Gasteiger partial charge in [-0.25, -0.2) is 0 Å². The number of piperidine rings is 1. The topological polar surface area (TPSA) is 58.4 Å². The fraction of sp³-hybridized carbons (Fsp3) is 0.909. The fourth-order valence-electron chi connectivity index (χ4n) is 1.86. The molecule has 0 saturated carbocycles. The number of nitrogens with two attached hydrogens (primary N) is 1. The van der Waals surface area contributed by atoms with E-state index in [2.05, 4.69) is 17.1 Å². The molecule has 0 unspecified atom stereocenters. The first kappa shape index (κ1) is 15.7. The number of hydrogen-bond acceptors (Lipinski definition) is 3. The predicted molar refractivity (Wildman–Crippen MR) is 68.8 cm³/mol. The molecule has 3 N–H and O–H groups in total. The van der Waals surface area contributed by atoms with E-state index in [1.54, 1.807) is 0 Å². The van der Waals surface area contributed by atoms with Gasteiger partial charge in [0.1, 0.15) is 0 Å². The second-order valence-corrected chi connectivity index (χ2v) is 4.41. The Hall–Kier alpha value is -0.320. The summed E-state index contributed by atoms with van der Waals surface area (Å²) in [4.78, 5) is 13.5. The van der Waals surface area contributed by atoms with Crippen LogP contribution >= 0.6 is 12.4 Å². The SMILES string of the molecule is CC1CCN(CCNC(=O)CCN)CC1.Cl. The molecule has 1 heterocycles. The van der Waals surface area contributed by atoms with Crippen LogP contribution in [0.2, 0.25) is 0 Å². The number of hydrogen-bond donors (Lipinski definition) is 2. The summed E-state index contributed by atoms with van der Waals surface area (Å²) in [5.41, 5.74) is 5.29. The number of nitrogens with one attached hydrogen (secondary N) is 1. The van der Waals surface area contributed by atoms with Crippen molar-refractivity contribution in [2.75, 3.05) is 32.7 Å². The molecule has 0 aromatic heterocycles. The lowest BCUT2D eigenvalue weighted by Gasteiger charge is -2.30. The number of carbonyl (C=O) groups is 1. The lowest BCUT2D eigenvalue weighted by atomic mass is 9.99. The molecule has 0 aliphatic carbocycles. The molecule has 1 rings (SSSR count). The minimum atomic E-state index is 0. The van der Waals surface area contributed by atoms with Crippen LogP contribution in [0.4, 0.5) is 0 Å². The highest BCUT2D eigenvalue weighted by molar-refractivity contribution is 5.85. The molecule has 0 aromatic rings. The Kier molecular flexibility index (Phi) is 8.61. The second kappa shape index (κ2) is 8.79. The van der Waals surface area contributed by atoms with Gasteiger partial charge in [0.2, 0.25) is 5.91 Å². The minimum absolute atomic E-state index is 0. The largest absolute Gasteiger partial charge is 0.355 e. The van der Waals surface area contributed by atoms with Crippen LogP contribution in [-0.4, -0.2) is 43.5 Å². The molecule has 1 aliphatic rings. The van der Waals surface area contributed by atoms with Crippen LogP contribution in [0.5, 0.6) is 0 Å². The molecular formula is C11H24ClN3O.